The fraction of sp³-hybridized carbons (Fsp3) is 0.333. The zero-order chi connectivity index (χ0) is 10.3. The summed E-state index contributed by atoms with van der Waals surface area (Å²) in [6.45, 7) is 4.11. The number of H-pyrrole nitrogens is 1. The van der Waals surface area contributed by atoms with E-state index in [-0.39, 0.29) is 11.5 Å². The molecule has 0 aliphatic carbocycles. The lowest BCUT2D eigenvalue weighted by Crippen LogP contribution is -2.11. The molecule has 0 aliphatic rings. The van der Waals surface area contributed by atoms with Gasteiger partial charge in [-0.1, -0.05) is 13.8 Å². The Morgan fingerprint density at radius 1 is 1.57 bits per heavy atom. The molecule has 0 fully saturated rings. The monoisotopic (exact) mass is 209 g/mol. The summed E-state index contributed by atoms with van der Waals surface area (Å²) in [5.74, 6) is 0.509. The highest BCUT2D eigenvalue weighted by Gasteiger charge is 2.12. The molecule has 4 nitrogen and oxygen atoms in total. The van der Waals surface area contributed by atoms with Crippen LogP contribution in [0.15, 0.2) is 10.2 Å². The Labute approximate surface area is 84.8 Å². The van der Waals surface area contributed by atoms with Crippen LogP contribution in [0.2, 0.25) is 0 Å². The summed E-state index contributed by atoms with van der Waals surface area (Å²) in [5, 5.41) is 2.65. The van der Waals surface area contributed by atoms with Crippen LogP contribution in [0.3, 0.4) is 0 Å². The first-order valence-corrected chi connectivity index (χ1v) is 5.24. The molecular weight excluding hydrogens is 198 g/mol. The molecular formula is C9H11N3OS. The molecule has 0 spiro atoms. The van der Waals surface area contributed by atoms with Crippen molar-refractivity contribution >= 4 is 27.5 Å². The van der Waals surface area contributed by atoms with E-state index in [0.29, 0.717) is 11.3 Å². The third kappa shape index (κ3) is 1.29. The molecule has 3 N–H and O–H groups in total. The summed E-state index contributed by atoms with van der Waals surface area (Å²) in [6, 6.07) is 0. The number of nitrogen functional groups attached to an aromatic ring is 1. The van der Waals surface area contributed by atoms with Gasteiger partial charge in [0.2, 0.25) is 5.95 Å². The van der Waals surface area contributed by atoms with Gasteiger partial charge in [-0.25, -0.2) is 4.98 Å². The SMILES string of the molecule is CC(C)c1csc2nc(N)[nH]c(=O)c12. The van der Waals surface area contributed by atoms with Crippen molar-refractivity contribution in [3.05, 3.63) is 21.3 Å². The van der Waals surface area contributed by atoms with Gasteiger partial charge in [0.15, 0.2) is 0 Å². The van der Waals surface area contributed by atoms with Crippen LogP contribution in [0, 0.1) is 0 Å². The van der Waals surface area contributed by atoms with Gasteiger partial charge < -0.3 is 5.73 Å². The van der Waals surface area contributed by atoms with E-state index in [4.69, 9.17) is 5.73 Å². The fourth-order valence-corrected chi connectivity index (χ4v) is 2.52. The maximum absolute atomic E-state index is 11.6. The highest BCUT2D eigenvalue weighted by Crippen LogP contribution is 2.27. The van der Waals surface area contributed by atoms with Crippen LogP contribution in [0.25, 0.3) is 10.2 Å². The summed E-state index contributed by atoms with van der Waals surface area (Å²) in [6.07, 6.45) is 0. The molecule has 0 amide bonds. The smallest absolute Gasteiger partial charge is 0.261 e. The predicted octanol–water partition coefficient (Wildman–Crippen LogP) is 1.69. The van der Waals surface area contributed by atoms with E-state index in [9.17, 15) is 4.79 Å². The van der Waals surface area contributed by atoms with Gasteiger partial charge in [0.1, 0.15) is 4.83 Å². The number of aromatic amines is 1. The van der Waals surface area contributed by atoms with Crippen molar-refractivity contribution in [2.75, 3.05) is 5.73 Å². The van der Waals surface area contributed by atoms with Crippen molar-refractivity contribution in [1.82, 2.24) is 9.97 Å². The molecule has 0 bridgehead atoms. The summed E-state index contributed by atoms with van der Waals surface area (Å²) >= 11 is 1.46. The molecule has 2 aromatic rings. The Morgan fingerprint density at radius 3 is 2.93 bits per heavy atom. The van der Waals surface area contributed by atoms with E-state index in [1.807, 2.05) is 5.38 Å². The average molecular weight is 209 g/mol. The third-order valence-corrected chi connectivity index (χ3v) is 3.00. The molecule has 14 heavy (non-hydrogen) atoms. The van der Waals surface area contributed by atoms with E-state index >= 15 is 0 Å². The zero-order valence-corrected chi connectivity index (χ0v) is 8.81. The number of hydrogen-bond acceptors (Lipinski definition) is 4. The van der Waals surface area contributed by atoms with Crippen molar-refractivity contribution in [3.63, 3.8) is 0 Å². The van der Waals surface area contributed by atoms with Gasteiger partial charge in [-0.05, 0) is 16.9 Å². The van der Waals surface area contributed by atoms with E-state index in [1.165, 1.54) is 11.3 Å². The fourth-order valence-electron chi connectivity index (χ4n) is 1.41. The lowest BCUT2D eigenvalue weighted by atomic mass is 10.0. The molecule has 2 rings (SSSR count). The summed E-state index contributed by atoms with van der Waals surface area (Å²) in [5.41, 5.74) is 6.35. The predicted molar refractivity (Wildman–Crippen MR) is 58.7 cm³/mol. The molecule has 0 aliphatic heterocycles. The summed E-state index contributed by atoms with van der Waals surface area (Å²) in [4.78, 5) is 18.9. The highest BCUT2D eigenvalue weighted by atomic mass is 32.1. The number of aromatic nitrogens is 2. The second-order valence-corrected chi connectivity index (χ2v) is 4.34. The summed E-state index contributed by atoms with van der Waals surface area (Å²) < 4.78 is 0. The van der Waals surface area contributed by atoms with Gasteiger partial charge >= 0.3 is 0 Å². The minimum absolute atomic E-state index is 0.141. The molecule has 0 saturated carbocycles. The molecule has 2 aromatic heterocycles. The first-order chi connectivity index (χ1) is 6.59. The molecule has 5 heteroatoms. The highest BCUT2D eigenvalue weighted by molar-refractivity contribution is 7.16. The topological polar surface area (TPSA) is 71.8 Å². The maximum atomic E-state index is 11.6. The first-order valence-electron chi connectivity index (χ1n) is 4.36. The van der Waals surface area contributed by atoms with Crippen LogP contribution in [0.1, 0.15) is 25.3 Å². The van der Waals surface area contributed by atoms with Crippen LogP contribution >= 0.6 is 11.3 Å². The molecule has 0 radical (unpaired) electrons. The van der Waals surface area contributed by atoms with E-state index in [2.05, 4.69) is 23.8 Å². The Morgan fingerprint density at radius 2 is 2.29 bits per heavy atom. The number of nitrogens with zero attached hydrogens (tertiary/aromatic N) is 1. The minimum Gasteiger partial charge on any atom is -0.369 e. The van der Waals surface area contributed by atoms with E-state index in [0.717, 1.165) is 10.4 Å². The number of hydrogen-bond donors (Lipinski definition) is 2. The van der Waals surface area contributed by atoms with Gasteiger partial charge in [0, 0.05) is 0 Å². The Balaban J connectivity index is 2.86. The Kier molecular flexibility index (Phi) is 2.03. The number of anilines is 1. The van der Waals surface area contributed by atoms with Crippen molar-refractivity contribution in [1.29, 1.82) is 0 Å². The number of rotatable bonds is 1. The quantitative estimate of drug-likeness (QED) is 0.750. The van der Waals surface area contributed by atoms with Gasteiger partial charge in [-0.3, -0.25) is 9.78 Å². The van der Waals surface area contributed by atoms with E-state index < -0.39 is 0 Å². The lowest BCUT2D eigenvalue weighted by Gasteiger charge is -2.01. The second-order valence-electron chi connectivity index (χ2n) is 3.48. The molecule has 74 valence electrons. The second kappa shape index (κ2) is 3.09. The van der Waals surface area contributed by atoms with Crippen LogP contribution in [0.4, 0.5) is 5.95 Å². The van der Waals surface area contributed by atoms with Gasteiger partial charge in [-0.2, -0.15) is 0 Å². The van der Waals surface area contributed by atoms with Crippen LogP contribution in [0.5, 0.6) is 0 Å². The van der Waals surface area contributed by atoms with Gasteiger partial charge in [-0.15, -0.1) is 11.3 Å². The summed E-state index contributed by atoms with van der Waals surface area (Å²) in [7, 11) is 0. The minimum atomic E-state index is -0.141. The first kappa shape index (κ1) is 9.21. The lowest BCUT2D eigenvalue weighted by molar-refractivity contribution is 0.878. The maximum Gasteiger partial charge on any atom is 0.261 e. The zero-order valence-electron chi connectivity index (χ0n) is 8.00. The van der Waals surface area contributed by atoms with E-state index in [1.54, 1.807) is 0 Å². The molecule has 2 heterocycles. The normalized spacial score (nSPS) is 11.4. The Bertz CT molecular complexity index is 526. The number of thiophene rings is 1. The van der Waals surface area contributed by atoms with Crippen LogP contribution < -0.4 is 11.3 Å². The Hall–Kier alpha value is -1.36. The largest absolute Gasteiger partial charge is 0.369 e. The van der Waals surface area contributed by atoms with Crippen molar-refractivity contribution in [2.24, 2.45) is 0 Å². The number of nitrogens with one attached hydrogen (secondary N) is 1. The van der Waals surface area contributed by atoms with Crippen molar-refractivity contribution < 1.29 is 0 Å². The molecule has 0 saturated heterocycles. The van der Waals surface area contributed by atoms with Crippen molar-refractivity contribution in [3.8, 4) is 0 Å². The standard InChI is InChI=1S/C9H11N3OS/c1-4(2)5-3-14-8-6(5)7(13)11-9(10)12-8/h3-4H,1-2H3,(H3,10,11,12,13). The number of nitrogens with two attached hydrogens (primary N) is 1. The average Bonchev–Trinajstić information content (AvgIpc) is 2.47. The van der Waals surface area contributed by atoms with Crippen LogP contribution in [-0.2, 0) is 0 Å². The van der Waals surface area contributed by atoms with Crippen molar-refractivity contribution in [2.45, 2.75) is 19.8 Å². The van der Waals surface area contributed by atoms with Gasteiger partial charge in [0.05, 0.1) is 5.39 Å². The third-order valence-electron chi connectivity index (χ3n) is 2.11. The molecule has 0 unspecified atom stereocenters. The van der Waals surface area contributed by atoms with Crippen LogP contribution in [-0.4, -0.2) is 9.97 Å². The molecule has 0 atom stereocenters. The van der Waals surface area contributed by atoms with Gasteiger partial charge in [0.25, 0.3) is 5.56 Å². The number of fused-ring (bicyclic) bond motifs is 1. The molecule has 0 aromatic carbocycles.